The molecule has 0 radical (unpaired) electrons. The number of nitrogens with zero attached hydrogens (tertiary/aromatic N) is 2. The van der Waals surface area contributed by atoms with E-state index >= 15 is 0 Å². The lowest BCUT2D eigenvalue weighted by atomic mass is 9.91. The second-order valence-electron chi connectivity index (χ2n) is 4.89. The highest BCUT2D eigenvalue weighted by Gasteiger charge is 2.32. The summed E-state index contributed by atoms with van der Waals surface area (Å²) >= 11 is 0. The van der Waals surface area contributed by atoms with E-state index in [2.05, 4.69) is 27.5 Å². The predicted molar refractivity (Wildman–Crippen MR) is 74.3 cm³/mol. The number of hydrogen-bond acceptors (Lipinski definition) is 6. The summed E-state index contributed by atoms with van der Waals surface area (Å²) in [5, 5.41) is 16.2. The standard InChI is InChI=1S/C13H22N4O2/c1-2-5-14-11-8-12(16-10-15-11)17-13(9-18)3-6-19-7-4-13/h8,10,18H,2-7,9H2,1H3,(H2,14,15,16,17). The van der Waals surface area contributed by atoms with Crippen LogP contribution >= 0.6 is 0 Å². The number of nitrogens with one attached hydrogen (secondary N) is 2. The van der Waals surface area contributed by atoms with E-state index in [-0.39, 0.29) is 12.1 Å². The molecule has 0 atom stereocenters. The zero-order valence-electron chi connectivity index (χ0n) is 11.4. The second kappa shape index (κ2) is 6.68. The third-order valence-corrected chi connectivity index (χ3v) is 3.37. The van der Waals surface area contributed by atoms with Crippen molar-refractivity contribution in [3.63, 3.8) is 0 Å². The van der Waals surface area contributed by atoms with E-state index in [4.69, 9.17) is 4.74 Å². The molecule has 1 saturated heterocycles. The van der Waals surface area contributed by atoms with Crippen LogP contribution in [-0.2, 0) is 4.74 Å². The molecule has 106 valence electrons. The maximum Gasteiger partial charge on any atom is 0.131 e. The Kier molecular flexibility index (Phi) is 4.93. The Balaban J connectivity index is 2.04. The van der Waals surface area contributed by atoms with Gasteiger partial charge in [0.05, 0.1) is 12.1 Å². The maximum atomic E-state index is 9.64. The van der Waals surface area contributed by atoms with E-state index in [1.165, 1.54) is 6.33 Å². The SMILES string of the molecule is CCCNc1cc(NC2(CO)CCOCC2)ncn1. The van der Waals surface area contributed by atoms with Gasteiger partial charge in [0.2, 0.25) is 0 Å². The Morgan fingerprint density at radius 3 is 2.74 bits per heavy atom. The number of aromatic nitrogens is 2. The van der Waals surface area contributed by atoms with Crippen molar-refractivity contribution in [2.75, 3.05) is 37.0 Å². The minimum absolute atomic E-state index is 0.0814. The number of aliphatic hydroxyl groups excluding tert-OH is 1. The van der Waals surface area contributed by atoms with Gasteiger partial charge in [0.15, 0.2) is 0 Å². The van der Waals surface area contributed by atoms with Crippen LogP contribution in [0.2, 0.25) is 0 Å². The number of anilines is 2. The van der Waals surface area contributed by atoms with Gasteiger partial charge in [-0.25, -0.2) is 9.97 Å². The van der Waals surface area contributed by atoms with Crippen LogP contribution in [-0.4, -0.2) is 47.0 Å². The van der Waals surface area contributed by atoms with Crippen molar-refractivity contribution < 1.29 is 9.84 Å². The molecule has 3 N–H and O–H groups in total. The Bertz CT molecular complexity index is 394. The van der Waals surface area contributed by atoms with Crippen molar-refractivity contribution in [2.24, 2.45) is 0 Å². The Morgan fingerprint density at radius 2 is 2.05 bits per heavy atom. The van der Waals surface area contributed by atoms with E-state index in [1.807, 2.05) is 6.07 Å². The fraction of sp³-hybridized carbons (Fsp3) is 0.692. The predicted octanol–water partition coefficient (Wildman–Crippen LogP) is 1.25. The van der Waals surface area contributed by atoms with E-state index in [0.717, 1.165) is 37.4 Å². The van der Waals surface area contributed by atoms with Crippen molar-refractivity contribution in [2.45, 2.75) is 31.7 Å². The molecule has 0 aromatic carbocycles. The Morgan fingerprint density at radius 1 is 1.32 bits per heavy atom. The van der Waals surface area contributed by atoms with Gasteiger partial charge in [-0.1, -0.05) is 6.92 Å². The summed E-state index contributed by atoms with van der Waals surface area (Å²) < 4.78 is 5.34. The molecule has 0 spiro atoms. The largest absolute Gasteiger partial charge is 0.394 e. The van der Waals surface area contributed by atoms with Crippen LogP contribution in [0.15, 0.2) is 12.4 Å². The maximum absolute atomic E-state index is 9.64. The van der Waals surface area contributed by atoms with E-state index in [9.17, 15) is 5.11 Å². The molecule has 19 heavy (non-hydrogen) atoms. The normalized spacial score (nSPS) is 18.0. The number of aliphatic hydroxyl groups is 1. The van der Waals surface area contributed by atoms with Gasteiger partial charge in [-0.05, 0) is 19.3 Å². The zero-order chi connectivity index (χ0) is 13.6. The fourth-order valence-electron chi connectivity index (χ4n) is 2.13. The van der Waals surface area contributed by atoms with E-state index in [0.29, 0.717) is 13.2 Å². The smallest absolute Gasteiger partial charge is 0.131 e. The third-order valence-electron chi connectivity index (χ3n) is 3.37. The van der Waals surface area contributed by atoms with Crippen LogP contribution in [0.5, 0.6) is 0 Å². The van der Waals surface area contributed by atoms with Gasteiger partial charge >= 0.3 is 0 Å². The monoisotopic (exact) mass is 266 g/mol. The first-order valence-electron chi connectivity index (χ1n) is 6.81. The van der Waals surface area contributed by atoms with Gasteiger partial charge < -0.3 is 20.5 Å². The summed E-state index contributed by atoms with van der Waals surface area (Å²) in [6, 6.07) is 1.88. The molecule has 0 aliphatic carbocycles. The van der Waals surface area contributed by atoms with Crippen LogP contribution in [0.25, 0.3) is 0 Å². The van der Waals surface area contributed by atoms with Crippen molar-refractivity contribution in [1.29, 1.82) is 0 Å². The van der Waals surface area contributed by atoms with Crippen molar-refractivity contribution in [3.05, 3.63) is 12.4 Å². The number of rotatable bonds is 6. The first-order valence-corrected chi connectivity index (χ1v) is 6.81. The average Bonchev–Trinajstić information content (AvgIpc) is 2.46. The van der Waals surface area contributed by atoms with Crippen LogP contribution in [0.4, 0.5) is 11.6 Å². The van der Waals surface area contributed by atoms with Gasteiger partial charge in [-0.3, -0.25) is 0 Å². The molecule has 6 heteroatoms. The Hall–Kier alpha value is -1.40. The summed E-state index contributed by atoms with van der Waals surface area (Å²) in [7, 11) is 0. The molecule has 1 aliphatic rings. The number of hydrogen-bond donors (Lipinski definition) is 3. The molecular weight excluding hydrogens is 244 g/mol. The number of ether oxygens (including phenoxy) is 1. The molecule has 0 bridgehead atoms. The van der Waals surface area contributed by atoms with Crippen LogP contribution in [0.3, 0.4) is 0 Å². The van der Waals surface area contributed by atoms with Crippen LogP contribution in [0, 0.1) is 0 Å². The van der Waals surface area contributed by atoms with Crippen LogP contribution < -0.4 is 10.6 Å². The minimum atomic E-state index is -0.325. The lowest BCUT2D eigenvalue weighted by Gasteiger charge is -2.36. The fourth-order valence-corrected chi connectivity index (χ4v) is 2.13. The first-order chi connectivity index (χ1) is 9.28. The molecule has 1 fully saturated rings. The van der Waals surface area contributed by atoms with E-state index < -0.39 is 0 Å². The summed E-state index contributed by atoms with van der Waals surface area (Å²) in [5.41, 5.74) is -0.325. The topological polar surface area (TPSA) is 79.3 Å². The molecule has 1 aromatic rings. The minimum Gasteiger partial charge on any atom is -0.394 e. The van der Waals surface area contributed by atoms with Crippen molar-refractivity contribution >= 4 is 11.6 Å². The molecule has 6 nitrogen and oxygen atoms in total. The highest BCUT2D eigenvalue weighted by Crippen LogP contribution is 2.25. The molecule has 0 saturated carbocycles. The van der Waals surface area contributed by atoms with Gasteiger partial charge in [0.1, 0.15) is 18.0 Å². The second-order valence-corrected chi connectivity index (χ2v) is 4.89. The van der Waals surface area contributed by atoms with Gasteiger partial charge in [-0.15, -0.1) is 0 Å². The van der Waals surface area contributed by atoms with Gasteiger partial charge in [0.25, 0.3) is 0 Å². The lowest BCUT2D eigenvalue weighted by Crippen LogP contribution is -2.47. The van der Waals surface area contributed by atoms with E-state index in [1.54, 1.807) is 0 Å². The summed E-state index contributed by atoms with van der Waals surface area (Å²) in [6.07, 6.45) is 4.14. The highest BCUT2D eigenvalue weighted by atomic mass is 16.5. The zero-order valence-corrected chi connectivity index (χ0v) is 11.4. The quantitative estimate of drug-likeness (QED) is 0.719. The van der Waals surface area contributed by atoms with Crippen molar-refractivity contribution in [3.8, 4) is 0 Å². The molecule has 1 aliphatic heterocycles. The molecule has 0 unspecified atom stereocenters. The average molecular weight is 266 g/mol. The summed E-state index contributed by atoms with van der Waals surface area (Å²) in [4.78, 5) is 8.39. The third kappa shape index (κ3) is 3.78. The molecule has 1 aromatic heterocycles. The Labute approximate surface area is 113 Å². The lowest BCUT2D eigenvalue weighted by molar-refractivity contribution is 0.0378. The molecule has 2 heterocycles. The summed E-state index contributed by atoms with van der Waals surface area (Å²) in [5.74, 6) is 1.55. The molecule has 0 amide bonds. The summed E-state index contributed by atoms with van der Waals surface area (Å²) in [6.45, 7) is 4.41. The van der Waals surface area contributed by atoms with Gasteiger partial charge in [-0.2, -0.15) is 0 Å². The molecule has 2 rings (SSSR count). The van der Waals surface area contributed by atoms with Gasteiger partial charge in [0, 0.05) is 25.8 Å². The first kappa shape index (κ1) is 14.0. The molecular formula is C13H22N4O2. The highest BCUT2D eigenvalue weighted by molar-refractivity contribution is 5.48. The van der Waals surface area contributed by atoms with Crippen molar-refractivity contribution in [1.82, 2.24) is 9.97 Å². The van der Waals surface area contributed by atoms with Crippen LogP contribution in [0.1, 0.15) is 26.2 Å².